The van der Waals surface area contributed by atoms with E-state index in [1.807, 2.05) is 0 Å². The predicted molar refractivity (Wildman–Crippen MR) is 43.8 cm³/mol. The van der Waals surface area contributed by atoms with Gasteiger partial charge in [-0.15, -0.1) is 0 Å². The number of hydrogen-bond acceptors (Lipinski definition) is 2. The van der Waals surface area contributed by atoms with Crippen LogP contribution in [0.15, 0.2) is 18.2 Å². The van der Waals surface area contributed by atoms with Crippen molar-refractivity contribution in [1.29, 1.82) is 0 Å². The summed E-state index contributed by atoms with van der Waals surface area (Å²) in [6.45, 7) is -0.724. The van der Waals surface area contributed by atoms with Crippen LogP contribution in [0.5, 0.6) is 0 Å². The molecule has 1 atom stereocenters. The van der Waals surface area contributed by atoms with Crippen LogP contribution in [0.4, 0.5) is 8.78 Å². The zero-order valence-corrected chi connectivity index (χ0v) is 7.08. The Kier molecular flexibility index (Phi) is 3.14. The van der Waals surface area contributed by atoms with Gasteiger partial charge < -0.3 is 10.2 Å². The fourth-order valence-electron chi connectivity index (χ4n) is 1.09. The zero-order chi connectivity index (χ0) is 10.7. The Morgan fingerprint density at radius 1 is 1.43 bits per heavy atom. The quantitative estimate of drug-likeness (QED) is 0.772. The maximum atomic E-state index is 13.0. The van der Waals surface area contributed by atoms with Gasteiger partial charge in [0, 0.05) is 11.6 Å². The molecule has 0 aliphatic heterocycles. The fraction of sp³-hybridized carbons (Fsp3) is 0.222. The van der Waals surface area contributed by atoms with E-state index >= 15 is 0 Å². The van der Waals surface area contributed by atoms with Crippen LogP contribution in [-0.2, 0) is 4.79 Å². The first kappa shape index (κ1) is 10.6. The molecule has 2 N–H and O–H groups in total. The van der Waals surface area contributed by atoms with Gasteiger partial charge in [0.2, 0.25) is 0 Å². The molecule has 3 nitrogen and oxygen atoms in total. The van der Waals surface area contributed by atoms with Crippen LogP contribution >= 0.6 is 0 Å². The van der Waals surface area contributed by atoms with Crippen molar-refractivity contribution in [3.63, 3.8) is 0 Å². The van der Waals surface area contributed by atoms with E-state index in [4.69, 9.17) is 10.2 Å². The zero-order valence-electron chi connectivity index (χ0n) is 7.08. The van der Waals surface area contributed by atoms with Crippen molar-refractivity contribution in [3.8, 4) is 0 Å². The lowest BCUT2D eigenvalue weighted by Crippen LogP contribution is -2.17. The minimum atomic E-state index is -1.35. The third-order valence-electron chi connectivity index (χ3n) is 1.82. The van der Waals surface area contributed by atoms with Crippen molar-refractivity contribution >= 4 is 5.97 Å². The van der Waals surface area contributed by atoms with Gasteiger partial charge >= 0.3 is 5.97 Å². The summed E-state index contributed by atoms with van der Waals surface area (Å²) in [6, 6.07) is 2.55. The van der Waals surface area contributed by atoms with Gasteiger partial charge in [-0.25, -0.2) is 8.78 Å². The summed E-state index contributed by atoms with van der Waals surface area (Å²) in [5.41, 5.74) is -0.221. The highest BCUT2D eigenvalue weighted by Gasteiger charge is 2.22. The van der Waals surface area contributed by atoms with Gasteiger partial charge in [-0.1, -0.05) is 6.07 Å². The molecule has 0 aromatic heterocycles. The molecule has 0 saturated carbocycles. The van der Waals surface area contributed by atoms with E-state index in [1.165, 1.54) is 0 Å². The normalized spacial score (nSPS) is 12.5. The van der Waals surface area contributed by atoms with E-state index in [2.05, 4.69) is 0 Å². The maximum absolute atomic E-state index is 13.0. The van der Waals surface area contributed by atoms with Crippen LogP contribution in [0.1, 0.15) is 11.5 Å². The highest BCUT2D eigenvalue weighted by Crippen LogP contribution is 2.19. The Hall–Kier alpha value is -1.49. The average Bonchev–Trinajstić information content (AvgIpc) is 2.09. The number of carbonyl (C=O) groups is 1. The van der Waals surface area contributed by atoms with Gasteiger partial charge in [0.15, 0.2) is 0 Å². The third-order valence-corrected chi connectivity index (χ3v) is 1.82. The van der Waals surface area contributed by atoms with E-state index in [0.29, 0.717) is 6.07 Å². The number of aliphatic carboxylic acids is 1. The Morgan fingerprint density at radius 3 is 2.50 bits per heavy atom. The summed E-state index contributed by atoms with van der Waals surface area (Å²) in [7, 11) is 0. The molecule has 1 aromatic carbocycles. The molecular formula is C9H8F2O3. The van der Waals surface area contributed by atoms with Gasteiger partial charge in [0.1, 0.15) is 17.6 Å². The van der Waals surface area contributed by atoms with E-state index in [0.717, 1.165) is 12.1 Å². The average molecular weight is 202 g/mol. The number of benzene rings is 1. The molecule has 0 heterocycles. The number of halogens is 2. The SMILES string of the molecule is O=C(O)[C@H](CO)c1ccc(F)cc1F. The first-order valence-corrected chi connectivity index (χ1v) is 3.85. The van der Waals surface area contributed by atoms with Crippen molar-refractivity contribution < 1.29 is 23.8 Å². The van der Waals surface area contributed by atoms with Crippen LogP contribution < -0.4 is 0 Å². The lowest BCUT2D eigenvalue weighted by atomic mass is 10.00. The van der Waals surface area contributed by atoms with Crippen molar-refractivity contribution in [2.24, 2.45) is 0 Å². The fourth-order valence-corrected chi connectivity index (χ4v) is 1.09. The predicted octanol–water partition coefficient (Wildman–Crippen LogP) is 1.13. The van der Waals surface area contributed by atoms with E-state index < -0.39 is 30.1 Å². The number of carboxylic acids is 1. The summed E-state index contributed by atoms with van der Waals surface area (Å²) in [6.07, 6.45) is 0. The first-order valence-electron chi connectivity index (χ1n) is 3.85. The molecule has 0 aliphatic carbocycles. The second-order valence-corrected chi connectivity index (χ2v) is 2.74. The highest BCUT2D eigenvalue weighted by atomic mass is 19.1. The topological polar surface area (TPSA) is 57.5 Å². The Bertz CT molecular complexity index is 352. The summed E-state index contributed by atoms with van der Waals surface area (Å²) < 4.78 is 25.5. The van der Waals surface area contributed by atoms with Crippen molar-refractivity contribution in [3.05, 3.63) is 35.4 Å². The van der Waals surface area contributed by atoms with Crippen LogP contribution in [0.3, 0.4) is 0 Å². The lowest BCUT2D eigenvalue weighted by molar-refractivity contribution is -0.139. The largest absolute Gasteiger partial charge is 0.481 e. The molecule has 5 heteroatoms. The Labute approximate surface area is 78.6 Å². The summed E-state index contributed by atoms with van der Waals surface area (Å²) in [5.74, 6) is -4.45. The van der Waals surface area contributed by atoms with E-state index in [-0.39, 0.29) is 5.56 Å². The molecule has 76 valence electrons. The molecule has 14 heavy (non-hydrogen) atoms. The van der Waals surface area contributed by atoms with Crippen LogP contribution in [-0.4, -0.2) is 22.8 Å². The maximum Gasteiger partial charge on any atom is 0.313 e. The molecule has 0 amide bonds. The Balaban J connectivity index is 3.10. The molecule has 0 unspecified atom stereocenters. The monoisotopic (exact) mass is 202 g/mol. The lowest BCUT2D eigenvalue weighted by Gasteiger charge is -2.09. The second kappa shape index (κ2) is 4.15. The summed E-state index contributed by atoms with van der Waals surface area (Å²) in [5, 5.41) is 17.3. The van der Waals surface area contributed by atoms with Gasteiger partial charge in [0.05, 0.1) is 6.61 Å². The molecule has 0 spiro atoms. The van der Waals surface area contributed by atoms with Gasteiger partial charge in [0.25, 0.3) is 0 Å². The van der Waals surface area contributed by atoms with Crippen LogP contribution in [0.25, 0.3) is 0 Å². The van der Waals surface area contributed by atoms with Crippen molar-refractivity contribution in [1.82, 2.24) is 0 Å². The van der Waals surface area contributed by atoms with Crippen LogP contribution in [0.2, 0.25) is 0 Å². The molecule has 0 bridgehead atoms. The Morgan fingerprint density at radius 2 is 2.07 bits per heavy atom. The molecule has 0 saturated heterocycles. The molecule has 1 aromatic rings. The number of rotatable bonds is 3. The molecular weight excluding hydrogens is 194 g/mol. The number of aliphatic hydroxyl groups excluding tert-OH is 1. The van der Waals surface area contributed by atoms with Crippen molar-refractivity contribution in [2.75, 3.05) is 6.61 Å². The summed E-state index contributed by atoms with van der Waals surface area (Å²) in [4.78, 5) is 10.5. The molecule has 0 fully saturated rings. The molecule has 0 aliphatic rings. The smallest absolute Gasteiger partial charge is 0.313 e. The summed E-state index contributed by atoms with van der Waals surface area (Å²) >= 11 is 0. The van der Waals surface area contributed by atoms with Gasteiger partial charge in [-0.2, -0.15) is 0 Å². The van der Waals surface area contributed by atoms with Gasteiger partial charge in [-0.05, 0) is 6.07 Å². The second-order valence-electron chi connectivity index (χ2n) is 2.74. The molecule has 0 radical (unpaired) electrons. The van der Waals surface area contributed by atoms with Crippen molar-refractivity contribution in [2.45, 2.75) is 5.92 Å². The third kappa shape index (κ3) is 2.05. The van der Waals surface area contributed by atoms with E-state index in [1.54, 1.807) is 0 Å². The highest BCUT2D eigenvalue weighted by molar-refractivity contribution is 5.76. The standard InChI is InChI=1S/C9H8F2O3/c10-5-1-2-6(8(11)3-5)7(4-12)9(13)14/h1-3,7,12H,4H2,(H,13,14)/t7-/m1/s1. The molecule has 1 rings (SSSR count). The number of carboxylic acid groups (broad SMARTS) is 1. The van der Waals surface area contributed by atoms with E-state index in [9.17, 15) is 13.6 Å². The number of hydrogen-bond donors (Lipinski definition) is 2. The number of aliphatic hydroxyl groups is 1. The minimum Gasteiger partial charge on any atom is -0.481 e. The first-order chi connectivity index (χ1) is 6.56. The minimum absolute atomic E-state index is 0.221. The van der Waals surface area contributed by atoms with Gasteiger partial charge in [-0.3, -0.25) is 4.79 Å². The van der Waals surface area contributed by atoms with Crippen LogP contribution in [0, 0.1) is 11.6 Å².